The minimum atomic E-state index is -0.747. The second-order valence-corrected chi connectivity index (χ2v) is 8.18. The van der Waals surface area contributed by atoms with E-state index in [4.69, 9.17) is 19.7 Å². The summed E-state index contributed by atoms with van der Waals surface area (Å²) in [5.74, 6) is -1.96. The molecule has 0 rings (SSSR count). The maximum Gasteiger partial charge on any atom is 0.305 e. The van der Waals surface area contributed by atoms with Gasteiger partial charge in [-0.05, 0) is 38.5 Å². The van der Waals surface area contributed by atoms with E-state index in [1.807, 2.05) is 0 Å². The third-order valence-corrected chi connectivity index (χ3v) is 5.11. The van der Waals surface area contributed by atoms with Crippen molar-refractivity contribution in [2.24, 2.45) is 0 Å². The maximum atomic E-state index is 11.7. The smallest absolute Gasteiger partial charge is 0.305 e. The van der Waals surface area contributed by atoms with Gasteiger partial charge < -0.3 is 19.7 Å². The monoisotopic (exact) mass is 458 g/mol. The van der Waals surface area contributed by atoms with Crippen LogP contribution in [-0.4, -0.2) is 47.3 Å². The van der Waals surface area contributed by atoms with E-state index in [1.165, 1.54) is 0 Å². The van der Waals surface area contributed by atoms with Gasteiger partial charge in [-0.3, -0.25) is 19.2 Å². The number of hydrogen-bond acceptors (Lipinski definition) is 6. The molecule has 0 aliphatic carbocycles. The van der Waals surface area contributed by atoms with Crippen molar-refractivity contribution >= 4 is 23.9 Å². The molecule has 8 heteroatoms. The van der Waals surface area contributed by atoms with Crippen molar-refractivity contribution in [3.63, 3.8) is 0 Å². The quantitative estimate of drug-likeness (QED) is 0.157. The van der Waals surface area contributed by atoms with E-state index in [2.05, 4.69) is 0 Å². The minimum Gasteiger partial charge on any atom is -0.481 e. The first-order chi connectivity index (χ1) is 15.4. The van der Waals surface area contributed by atoms with Crippen molar-refractivity contribution < 1.29 is 38.9 Å². The number of ether oxygens (including phenoxy) is 2. The Morgan fingerprint density at radius 1 is 0.406 bits per heavy atom. The van der Waals surface area contributed by atoms with E-state index in [9.17, 15) is 19.2 Å². The lowest BCUT2D eigenvalue weighted by Crippen LogP contribution is -2.08. The van der Waals surface area contributed by atoms with Gasteiger partial charge in [0.25, 0.3) is 0 Å². The van der Waals surface area contributed by atoms with Crippen molar-refractivity contribution in [3.8, 4) is 0 Å². The highest BCUT2D eigenvalue weighted by Gasteiger charge is 2.06. The molecule has 8 nitrogen and oxygen atoms in total. The van der Waals surface area contributed by atoms with Crippen molar-refractivity contribution in [1.82, 2.24) is 0 Å². The molecule has 0 radical (unpaired) electrons. The summed E-state index contributed by atoms with van der Waals surface area (Å²) < 4.78 is 10.4. The minimum absolute atomic E-state index is 0.230. The Morgan fingerprint density at radius 2 is 0.688 bits per heavy atom. The topological polar surface area (TPSA) is 127 Å². The van der Waals surface area contributed by atoms with Crippen LogP contribution in [0, 0.1) is 0 Å². The van der Waals surface area contributed by atoms with Crippen LogP contribution in [0.25, 0.3) is 0 Å². The molecule has 0 aliphatic heterocycles. The fourth-order valence-corrected chi connectivity index (χ4v) is 3.23. The fraction of sp³-hybridized carbons (Fsp3) is 0.833. The lowest BCUT2D eigenvalue weighted by atomic mass is 10.1. The zero-order valence-corrected chi connectivity index (χ0v) is 19.5. The number of esters is 2. The first-order valence-corrected chi connectivity index (χ1v) is 12.2. The molecule has 0 atom stereocenters. The third kappa shape index (κ3) is 24.2. The Labute approximate surface area is 192 Å². The molecule has 0 aromatic rings. The van der Waals surface area contributed by atoms with Gasteiger partial charge >= 0.3 is 23.9 Å². The van der Waals surface area contributed by atoms with Crippen molar-refractivity contribution in [3.05, 3.63) is 0 Å². The summed E-state index contributed by atoms with van der Waals surface area (Å²) in [6.45, 7) is 0.825. The predicted octanol–water partition coefficient (Wildman–Crippen LogP) is 5.26. The Balaban J connectivity index is 3.33. The van der Waals surface area contributed by atoms with Gasteiger partial charge in [-0.2, -0.15) is 0 Å². The summed E-state index contributed by atoms with van der Waals surface area (Å²) in [5.41, 5.74) is 0. The van der Waals surface area contributed by atoms with Gasteiger partial charge in [0.1, 0.15) is 0 Å². The SMILES string of the molecule is O=C(O)CCCCCCCCOC(=O)CCCCC(=O)OCCCCCCCCC(=O)O. The van der Waals surface area contributed by atoms with Crippen LogP contribution < -0.4 is 0 Å². The summed E-state index contributed by atoms with van der Waals surface area (Å²) in [6, 6.07) is 0. The highest BCUT2D eigenvalue weighted by Crippen LogP contribution is 2.09. The number of carboxylic acids is 2. The van der Waals surface area contributed by atoms with Crippen LogP contribution in [0.3, 0.4) is 0 Å². The molecule has 0 bridgehead atoms. The van der Waals surface area contributed by atoms with Crippen molar-refractivity contribution in [1.29, 1.82) is 0 Å². The molecule has 0 heterocycles. The van der Waals surface area contributed by atoms with Crippen LogP contribution in [0.15, 0.2) is 0 Å². The average Bonchev–Trinajstić information content (AvgIpc) is 2.74. The molecule has 0 aromatic heterocycles. The Kier molecular flexibility index (Phi) is 20.6. The third-order valence-electron chi connectivity index (χ3n) is 5.11. The summed E-state index contributed by atoms with van der Waals surface area (Å²) in [6.07, 6.45) is 13.2. The van der Waals surface area contributed by atoms with Crippen LogP contribution in [0.5, 0.6) is 0 Å². The number of carboxylic acid groups (broad SMARTS) is 2. The molecule has 32 heavy (non-hydrogen) atoms. The van der Waals surface area contributed by atoms with E-state index >= 15 is 0 Å². The number of carbonyl (C=O) groups excluding carboxylic acids is 2. The van der Waals surface area contributed by atoms with Gasteiger partial charge in [-0.15, -0.1) is 0 Å². The number of rotatable bonds is 23. The standard InChI is InChI=1S/C24H42O8/c25-21(26)15-9-5-1-3-7-13-19-31-23(29)17-11-12-18-24(30)32-20-14-8-4-2-6-10-16-22(27)28/h1-20H2,(H,25,26)(H,27,28). The van der Waals surface area contributed by atoms with E-state index < -0.39 is 11.9 Å². The largest absolute Gasteiger partial charge is 0.481 e. The Bertz CT molecular complexity index is 472. The van der Waals surface area contributed by atoms with Crippen LogP contribution >= 0.6 is 0 Å². The summed E-state index contributed by atoms with van der Waals surface area (Å²) in [5, 5.41) is 17.1. The zero-order chi connectivity index (χ0) is 23.9. The number of hydrogen-bond donors (Lipinski definition) is 2. The number of aliphatic carboxylic acids is 2. The van der Waals surface area contributed by atoms with Crippen LogP contribution in [0.4, 0.5) is 0 Å². The van der Waals surface area contributed by atoms with Crippen LogP contribution in [0.2, 0.25) is 0 Å². The molecule has 0 spiro atoms. The van der Waals surface area contributed by atoms with Gasteiger partial charge in [0.05, 0.1) is 13.2 Å². The number of carbonyl (C=O) groups is 4. The Morgan fingerprint density at radius 3 is 1.03 bits per heavy atom. The maximum absolute atomic E-state index is 11.7. The van der Waals surface area contributed by atoms with E-state index in [0.29, 0.717) is 38.9 Å². The highest BCUT2D eigenvalue weighted by molar-refractivity contribution is 5.70. The summed E-state index contributed by atoms with van der Waals surface area (Å²) >= 11 is 0. The Hall–Kier alpha value is -2.12. The van der Waals surface area contributed by atoms with Gasteiger partial charge in [0, 0.05) is 25.7 Å². The molecule has 0 amide bonds. The lowest BCUT2D eigenvalue weighted by molar-refractivity contribution is -0.146. The average molecular weight is 459 g/mol. The van der Waals surface area contributed by atoms with Gasteiger partial charge in [-0.25, -0.2) is 0 Å². The molecule has 186 valence electrons. The molecule has 0 saturated carbocycles. The van der Waals surface area contributed by atoms with E-state index in [0.717, 1.165) is 77.0 Å². The molecular weight excluding hydrogens is 416 g/mol. The first-order valence-electron chi connectivity index (χ1n) is 12.2. The van der Waals surface area contributed by atoms with Crippen LogP contribution in [-0.2, 0) is 28.7 Å². The second kappa shape index (κ2) is 22.1. The lowest BCUT2D eigenvalue weighted by Gasteiger charge is -2.06. The predicted molar refractivity (Wildman–Crippen MR) is 120 cm³/mol. The van der Waals surface area contributed by atoms with Crippen molar-refractivity contribution in [2.75, 3.05) is 13.2 Å². The molecule has 0 saturated heterocycles. The van der Waals surface area contributed by atoms with E-state index in [-0.39, 0.29) is 24.8 Å². The molecule has 0 aromatic carbocycles. The second-order valence-electron chi connectivity index (χ2n) is 8.18. The summed E-state index contributed by atoms with van der Waals surface area (Å²) in [7, 11) is 0. The molecule has 2 N–H and O–H groups in total. The zero-order valence-electron chi connectivity index (χ0n) is 19.5. The normalized spacial score (nSPS) is 10.6. The highest BCUT2D eigenvalue weighted by atomic mass is 16.5. The molecular formula is C24H42O8. The van der Waals surface area contributed by atoms with Crippen molar-refractivity contribution in [2.45, 2.75) is 116 Å². The first kappa shape index (κ1) is 29.9. The summed E-state index contributed by atoms with van der Waals surface area (Å²) in [4.78, 5) is 44.1. The molecule has 0 fully saturated rings. The van der Waals surface area contributed by atoms with Gasteiger partial charge in [0.2, 0.25) is 0 Å². The molecule has 0 unspecified atom stereocenters. The van der Waals surface area contributed by atoms with Crippen LogP contribution in [0.1, 0.15) is 116 Å². The van der Waals surface area contributed by atoms with E-state index in [1.54, 1.807) is 0 Å². The van der Waals surface area contributed by atoms with Gasteiger partial charge in [0.15, 0.2) is 0 Å². The fourth-order valence-electron chi connectivity index (χ4n) is 3.23. The number of unbranched alkanes of at least 4 members (excludes halogenated alkanes) is 11. The van der Waals surface area contributed by atoms with Gasteiger partial charge in [-0.1, -0.05) is 51.4 Å². The molecule has 0 aliphatic rings.